The number of piperazine rings is 1. The van der Waals surface area contributed by atoms with Gasteiger partial charge in [-0.1, -0.05) is 0 Å². The fraction of sp³-hybridized carbons (Fsp3) is 0.500. The van der Waals surface area contributed by atoms with Gasteiger partial charge in [-0.05, 0) is 13.0 Å². The molecule has 2 rings (SSSR count). The molecule has 8 nitrogen and oxygen atoms in total. The predicted octanol–water partition coefficient (Wildman–Crippen LogP) is 0.802. The monoisotopic (exact) mass is 309 g/mol. The van der Waals surface area contributed by atoms with Crippen molar-refractivity contribution in [2.75, 3.05) is 33.4 Å². The number of nitro groups is 1. The Morgan fingerprint density at radius 2 is 2.32 bits per heavy atom. The van der Waals surface area contributed by atoms with E-state index in [1.807, 2.05) is 6.92 Å². The maximum absolute atomic E-state index is 12.1. The summed E-state index contributed by atoms with van der Waals surface area (Å²) in [5, 5.41) is 14.1. The van der Waals surface area contributed by atoms with Crippen LogP contribution >= 0.6 is 0 Å². The summed E-state index contributed by atoms with van der Waals surface area (Å²) in [6.07, 6.45) is 0. The molecular formula is C14H19N3O5. The minimum absolute atomic E-state index is 0.103. The molecule has 120 valence electrons. The molecule has 1 unspecified atom stereocenters. The predicted molar refractivity (Wildman–Crippen MR) is 79.2 cm³/mol. The number of carbonyl (C=O) groups excluding carboxylic acids is 1. The Bertz CT molecular complexity index is 563. The van der Waals surface area contributed by atoms with E-state index in [4.69, 9.17) is 9.47 Å². The molecule has 8 heteroatoms. The van der Waals surface area contributed by atoms with Gasteiger partial charge in [0, 0.05) is 37.8 Å². The largest absolute Gasteiger partial charge is 0.490 e. The molecule has 1 saturated heterocycles. The van der Waals surface area contributed by atoms with E-state index in [2.05, 4.69) is 5.32 Å². The van der Waals surface area contributed by atoms with Gasteiger partial charge in [-0.15, -0.1) is 0 Å². The van der Waals surface area contributed by atoms with E-state index in [0.29, 0.717) is 18.8 Å². The van der Waals surface area contributed by atoms with Gasteiger partial charge in [0.2, 0.25) is 5.75 Å². The number of methoxy groups -OCH3 is 1. The molecule has 1 aromatic rings. The average molecular weight is 309 g/mol. The summed E-state index contributed by atoms with van der Waals surface area (Å²) in [6, 6.07) is 4.42. The van der Waals surface area contributed by atoms with Crippen LogP contribution in [0.2, 0.25) is 0 Å². The molecule has 0 bridgehead atoms. The van der Waals surface area contributed by atoms with Gasteiger partial charge >= 0.3 is 5.69 Å². The van der Waals surface area contributed by atoms with E-state index >= 15 is 0 Å². The van der Waals surface area contributed by atoms with Crippen molar-refractivity contribution in [3.05, 3.63) is 28.3 Å². The van der Waals surface area contributed by atoms with E-state index in [1.54, 1.807) is 4.90 Å². The SMILES string of the molecule is COc1cc(OCC(=O)N2CCNC(C)C2)ccc1[N+](=O)[O-]. The molecule has 1 N–H and O–H groups in total. The fourth-order valence-electron chi connectivity index (χ4n) is 2.29. The molecule has 1 aliphatic heterocycles. The Morgan fingerprint density at radius 1 is 1.55 bits per heavy atom. The van der Waals surface area contributed by atoms with Crippen LogP contribution in [0.4, 0.5) is 5.69 Å². The van der Waals surface area contributed by atoms with Crippen molar-refractivity contribution >= 4 is 11.6 Å². The van der Waals surface area contributed by atoms with Crippen LogP contribution in [-0.2, 0) is 4.79 Å². The third-order valence-corrected chi connectivity index (χ3v) is 3.43. The first-order chi connectivity index (χ1) is 10.5. The summed E-state index contributed by atoms with van der Waals surface area (Å²) in [6.45, 7) is 3.97. The van der Waals surface area contributed by atoms with Gasteiger partial charge in [-0.25, -0.2) is 0 Å². The topological polar surface area (TPSA) is 93.9 Å². The number of rotatable bonds is 5. The van der Waals surface area contributed by atoms with Crippen molar-refractivity contribution in [2.24, 2.45) is 0 Å². The number of nitro benzene ring substituents is 1. The highest BCUT2D eigenvalue weighted by Gasteiger charge is 2.21. The van der Waals surface area contributed by atoms with E-state index in [1.165, 1.54) is 25.3 Å². The van der Waals surface area contributed by atoms with Crippen LogP contribution < -0.4 is 14.8 Å². The smallest absolute Gasteiger partial charge is 0.311 e. The zero-order valence-electron chi connectivity index (χ0n) is 12.6. The molecule has 0 aromatic heterocycles. The van der Waals surface area contributed by atoms with E-state index < -0.39 is 4.92 Å². The van der Waals surface area contributed by atoms with E-state index in [0.717, 1.165) is 6.54 Å². The third kappa shape index (κ3) is 3.85. The lowest BCUT2D eigenvalue weighted by molar-refractivity contribution is -0.385. The molecule has 0 aliphatic carbocycles. The number of amides is 1. The Morgan fingerprint density at radius 3 is 2.95 bits per heavy atom. The van der Waals surface area contributed by atoms with Crippen molar-refractivity contribution in [2.45, 2.75) is 13.0 Å². The van der Waals surface area contributed by atoms with Crippen LogP contribution in [0, 0.1) is 10.1 Å². The van der Waals surface area contributed by atoms with Crippen LogP contribution in [0.15, 0.2) is 18.2 Å². The molecule has 1 aliphatic rings. The normalized spacial score (nSPS) is 17.9. The summed E-state index contributed by atoms with van der Waals surface area (Å²) in [4.78, 5) is 24.1. The maximum Gasteiger partial charge on any atom is 0.311 e. The summed E-state index contributed by atoms with van der Waals surface area (Å²) < 4.78 is 10.4. The highest BCUT2D eigenvalue weighted by molar-refractivity contribution is 5.78. The lowest BCUT2D eigenvalue weighted by Gasteiger charge is -2.31. The average Bonchev–Trinajstić information content (AvgIpc) is 2.52. The quantitative estimate of drug-likeness (QED) is 0.639. The van der Waals surface area contributed by atoms with Gasteiger partial charge in [-0.2, -0.15) is 0 Å². The van der Waals surface area contributed by atoms with Gasteiger partial charge in [-0.3, -0.25) is 14.9 Å². The minimum Gasteiger partial charge on any atom is -0.490 e. The van der Waals surface area contributed by atoms with Gasteiger partial charge in [0.05, 0.1) is 12.0 Å². The van der Waals surface area contributed by atoms with Gasteiger partial charge in [0.25, 0.3) is 5.91 Å². The number of carbonyl (C=O) groups is 1. The number of hydrogen-bond acceptors (Lipinski definition) is 6. The molecule has 1 aromatic carbocycles. The molecule has 22 heavy (non-hydrogen) atoms. The number of benzene rings is 1. The summed E-state index contributed by atoms with van der Waals surface area (Å²) >= 11 is 0. The molecule has 1 atom stereocenters. The molecular weight excluding hydrogens is 290 g/mol. The first-order valence-corrected chi connectivity index (χ1v) is 6.97. The standard InChI is InChI=1S/C14H19N3O5/c1-10-8-16(6-5-15-10)14(18)9-22-11-3-4-12(17(19)20)13(7-11)21-2/h3-4,7,10,15H,5-6,8-9H2,1-2H3. The Labute approximate surface area is 128 Å². The zero-order valence-corrected chi connectivity index (χ0v) is 12.6. The first-order valence-electron chi connectivity index (χ1n) is 6.97. The van der Waals surface area contributed by atoms with Crippen LogP contribution in [0.5, 0.6) is 11.5 Å². The van der Waals surface area contributed by atoms with Crippen molar-refractivity contribution in [3.8, 4) is 11.5 Å². The summed E-state index contributed by atoms with van der Waals surface area (Å²) in [5.74, 6) is 0.357. The second kappa shape index (κ2) is 7.08. The van der Waals surface area contributed by atoms with Gasteiger partial charge < -0.3 is 19.7 Å². The Hall–Kier alpha value is -2.35. The lowest BCUT2D eigenvalue weighted by atomic mass is 10.2. The summed E-state index contributed by atoms with van der Waals surface area (Å²) in [5.41, 5.74) is -0.142. The molecule has 1 heterocycles. The number of nitrogens with one attached hydrogen (secondary N) is 1. The van der Waals surface area contributed by atoms with Gasteiger partial charge in [0.1, 0.15) is 5.75 Å². The second-order valence-corrected chi connectivity index (χ2v) is 5.07. The van der Waals surface area contributed by atoms with Crippen LogP contribution in [0.1, 0.15) is 6.92 Å². The lowest BCUT2D eigenvalue weighted by Crippen LogP contribution is -2.52. The molecule has 1 fully saturated rings. The number of nitrogens with zero attached hydrogens (tertiary/aromatic N) is 2. The molecule has 0 saturated carbocycles. The van der Waals surface area contributed by atoms with E-state index in [-0.39, 0.29) is 30.0 Å². The van der Waals surface area contributed by atoms with Crippen molar-refractivity contribution in [1.82, 2.24) is 10.2 Å². The minimum atomic E-state index is -0.532. The highest BCUT2D eigenvalue weighted by Crippen LogP contribution is 2.30. The number of ether oxygens (including phenoxy) is 2. The van der Waals surface area contributed by atoms with Crippen LogP contribution in [-0.4, -0.2) is 55.1 Å². The molecule has 1 amide bonds. The Kier molecular flexibility index (Phi) is 5.16. The van der Waals surface area contributed by atoms with Crippen LogP contribution in [0.25, 0.3) is 0 Å². The number of hydrogen-bond donors (Lipinski definition) is 1. The second-order valence-electron chi connectivity index (χ2n) is 5.07. The molecule has 0 radical (unpaired) electrons. The van der Waals surface area contributed by atoms with Crippen LogP contribution in [0.3, 0.4) is 0 Å². The van der Waals surface area contributed by atoms with E-state index in [9.17, 15) is 14.9 Å². The van der Waals surface area contributed by atoms with Crippen molar-refractivity contribution in [1.29, 1.82) is 0 Å². The maximum atomic E-state index is 12.1. The van der Waals surface area contributed by atoms with Crippen molar-refractivity contribution in [3.63, 3.8) is 0 Å². The van der Waals surface area contributed by atoms with Crippen molar-refractivity contribution < 1.29 is 19.2 Å². The summed E-state index contributed by atoms with van der Waals surface area (Å²) in [7, 11) is 1.35. The zero-order chi connectivity index (χ0) is 16.1. The Balaban J connectivity index is 1.96. The fourth-order valence-corrected chi connectivity index (χ4v) is 2.29. The van der Waals surface area contributed by atoms with Gasteiger partial charge in [0.15, 0.2) is 6.61 Å². The third-order valence-electron chi connectivity index (χ3n) is 3.43. The molecule has 0 spiro atoms. The highest BCUT2D eigenvalue weighted by atomic mass is 16.6. The first kappa shape index (κ1) is 16.0.